The zero-order valence-corrected chi connectivity index (χ0v) is 19.5. The van der Waals surface area contributed by atoms with Crippen LogP contribution in [0.5, 0.6) is 11.5 Å². The van der Waals surface area contributed by atoms with Crippen LogP contribution in [0.3, 0.4) is 0 Å². The molecule has 0 spiro atoms. The minimum Gasteiger partial charge on any atom is -0.493 e. The molecule has 1 saturated heterocycles. The molecule has 0 aromatic heterocycles. The molecular formula is C27H37NO4. The quantitative estimate of drug-likeness (QED) is 0.492. The molecule has 1 saturated carbocycles. The normalized spacial score (nSPS) is 23.9. The average molecular weight is 442 g/mol. The lowest BCUT2D eigenvalue weighted by atomic mass is 9.91. The molecule has 1 aliphatic heterocycles. The first kappa shape index (κ1) is 23.1. The van der Waals surface area contributed by atoms with Gasteiger partial charge >= 0.3 is 0 Å². The van der Waals surface area contributed by atoms with Gasteiger partial charge in [-0.3, -0.25) is 4.90 Å². The lowest BCUT2D eigenvalue weighted by Crippen LogP contribution is -2.46. The summed E-state index contributed by atoms with van der Waals surface area (Å²) in [7, 11) is 3.34. The highest BCUT2D eigenvalue weighted by Crippen LogP contribution is 2.30. The Morgan fingerprint density at radius 1 is 0.844 bits per heavy atom. The second-order valence-electron chi connectivity index (χ2n) is 8.90. The van der Waals surface area contributed by atoms with Gasteiger partial charge < -0.3 is 18.9 Å². The summed E-state index contributed by atoms with van der Waals surface area (Å²) < 4.78 is 23.4. The van der Waals surface area contributed by atoms with E-state index in [0.29, 0.717) is 24.9 Å². The molecule has 0 amide bonds. The van der Waals surface area contributed by atoms with E-state index in [1.165, 1.54) is 30.4 Å². The second-order valence-corrected chi connectivity index (χ2v) is 8.90. The molecule has 0 N–H and O–H groups in total. The summed E-state index contributed by atoms with van der Waals surface area (Å²) >= 11 is 0. The van der Waals surface area contributed by atoms with E-state index in [9.17, 15) is 0 Å². The summed E-state index contributed by atoms with van der Waals surface area (Å²) in [6, 6.07) is 17.1. The van der Waals surface area contributed by atoms with Gasteiger partial charge in [0.15, 0.2) is 11.5 Å². The van der Waals surface area contributed by atoms with Crippen molar-refractivity contribution in [2.24, 2.45) is 0 Å². The third kappa shape index (κ3) is 6.03. The molecule has 2 aromatic carbocycles. The number of methoxy groups -OCH3 is 2. The van der Waals surface area contributed by atoms with Gasteiger partial charge in [-0.05, 0) is 48.9 Å². The Kier molecular flexibility index (Phi) is 8.43. The van der Waals surface area contributed by atoms with Crippen LogP contribution < -0.4 is 9.47 Å². The monoisotopic (exact) mass is 441 g/mol. The third-order valence-electron chi connectivity index (χ3n) is 6.81. The van der Waals surface area contributed by atoms with Crippen molar-refractivity contribution in [2.45, 2.75) is 63.4 Å². The number of benzene rings is 2. The first-order valence-electron chi connectivity index (χ1n) is 12.0. The summed E-state index contributed by atoms with van der Waals surface area (Å²) in [5.74, 6) is 1.54. The van der Waals surface area contributed by atoms with Crippen LogP contribution in [-0.2, 0) is 22.5 Å². The van der Waals surface area contributed by atoms with Crippen molar-refractivity contribution in [3.05, 3.63) is 59.7 Å². The van der Waals surface area contributed by atoms with Crippen LogP contribution in [0.15, 0.2) is 48.5 Å². The van der Waals surface area contributed by atoms with Gasteiger partial charge in [-0.2, -0.15) is 0 Å². The average Bonchev–Trinajstić information content (AvgIpc) is 3.32. The predicted octanol–water partition coefficient (Wildman–Crippen LogP) is 4.87. The van der Waals surface area contributed by atoms with Gasteiger partial charge in [0.25, 0.3) is 0 Å². The zero-order valence-electron chi connectivity index (χ0n) is 19.5. The fourth-order valence-corrected chi connectivity index (χ4v) is 5.03. The summed E-state index contributed by atoms with van der Waals surface area (Å²) in [5.41, 5.74) is 2.46. The van der Waals surface area contributed by atoms with E-state index >= 15 is 0 Å². The van der Waals surface area contributed by atoms with Crippen LogP contribution >= 0.6 is 0 Å². The molecular weight excluding hydrogens is 404 g/mol. The maximum Gasteiger partial charge on any atom is 0.160 e. The zero-order chi connectivity index (χ0) is 22.2. The summed E-state index contributed by atoms with van der Waals surface area (Å²) in [6.45, 7) is 3.57. The standard InChI is InChI=1S/C27H37NO4/c1-29-26-13-12-21(18-27(26)30-2)15-17-31-25-11-7-6-10-24(25)28-16-14-23(19-28)32-20-22-8-4-3-5-9-22/h3-5,8-9,12-13,18,23-25H,6-7,10-11,14-17,19-20H2,1-2H3/t23-,24?,25?/m0/s1/i1+1,2+1. The number of ether oxygens (including phenoxy) is 4. The Bertz CT molecular complexity index is 828. The Labute approximate surface area is 192 Å². The number of hydrogen-bond acceptors (Lipinski definition) is 5. The smallest absolute Gasteiger partial charge is 0.160 e. The van der Waals surface area contributed by atoms with Gasteiger partial charge in [0, 0.05) is 19.1 Å². The number of likely N-dealkylation sites (tertiary alicyclic amines) is 1. The van der Waals surface area contributed by atoms with E-state index in [-0.39, 0.29) is 0 Å². The molecule has 174 valence electrons. The molecule has 5 nitrogen and oxygen atoms in total. The highest BCUT2D eigenvalue weighted by atomic mass is 16.6. The highest BCUT2D eigenvalue weighted by Gasteiger charge is 2.35. The number of rotatable bonds is 10. The molecule has 2 aliphatic rings. The molecule has 1 heterocycles. The van der Waals surface area contributed by atoms with Crippen molar-refractivity contribution >= 4 is 0 Å². The minimum atomic E-state index is 0.316. The third-order valence-corrected chi connectivity index (χ3v) is 6.81. The van der Waals surface area contributed by atoms with E-state index in [2.05, 4.69) is 47.4 Å². The summed E-state index contributed by atoms with van der Waals surface area (Å²) in [4.78, 5) is 2.62. The molecule has 0 bridgehead atoms. The minimum absolute atomic E-state index is 0.316. The molecule has 32 heavy (non-hydrogen) atoms. The Morgan fingerprint density at radius 2 is 1.66 bits per heavy atom. The molecule has 2 fully saturated rings. The van der Waals surface area contributed by atoms with Crippen LogP contribution in [0, 0.1) is 0 Å². The van der Waals surface area contributed by atoms with Gasteiger partial charge in [-0.1, -0.05) is 49.2 Å². The first-order chi connectivity index (χ1) is 15.8. The van der Waals surface area contributed by atoms with Crippen LogP contribution in [0.25, 0.3) is 0 Å². The van der Waals surface area contributed by atoms with E-state index in [4.69, 9.17) is 18.9 Å². The van der Waals surface area contributed by atoms with Crippen molar-refractivity contribution in [3.63, 3.8) is 0 Å². The SMILES string of the molecule is [13CH3]Oc1ccc(CCOC2CCCCC2N2CC[C@H](OCc3ccccc3)C2)cc1O[13CH3]. The fourth-order valence-electron chi connectivity index (χ4n) is 5.03. The van der Waals surface area contributed by atoms with Crippen molar-refractivity contribution < 1.29 is 18.9 Å². The highest BCUT2D eigenvalue weighted by molar-refractivity contribution is 5.42. The van der Waals surface area contributed by atoms with Crippen molar-refractivity contribution in [3.8, 4) is 11.5 Å². The van der Waals surface area contributed by atoms with E-state index < -0.39 is 0 Å². The van der Waals surface area contributed by atoms with Gasteiger partial charge in [0.05, 0.1) is 39.6 Å². The van der Waals surface area contributed by atoms with Gasteiger partial charge in [0.1, 0.15) is 0 Å². The Hall–Kier alpha value is -2.08. The molecule has 1 aliphatic carbocycles. The lowest BCUT2D eigenvalue weighted by Gasteiger charge is -2.37. The van der Waals surface area contributed by atoms with E-state index in [0.717, 1.165) is 50.5 Å². The maximum absolute atomic E-state index is 6.45. The van der Waals surface area contributed by atoms with Crippen LogP contribution in [0.4, 0.5) is 0 Å². The predicted molar refractivity (Wildman–Crippen MR) is 126 cm³/mol. The first-order valence-corrected chi connectivity index (χ1v) is 12.0. The summed E-state index contributed by atoms with van der Waals surface area (Å²) in [6.07, 6.45) is 7.58. The molecule has 2 aromatic rings. The van der Waals surface area contributed by atoms with Crippen molar-refractivity contribution in [1.29, 1.82) is 0 Å². The van der Waals surface area contributed by atoms with Crippen LogP contribution in [-0.4, -0.2) is 57.1 Å². The van der Waals surface area contributed by atoms with E-state index in [1.807, 2.05) is 6.07 Å². The maximum atomic E-state index is 6.45. The Balaban J connectivity index is 1.26. The molecule has 5 heteroatoms. The Morgan fingerprint density at radius 3 is 2.47 bits per heavy atom. The number of hydrogen-bond donors (Lipinski definition) is 0. The van der Waals surface area contributed by atoms with E-state index in [1.54, 1.807) is 14.2 Å². The van der Waals surface area contributed by atoms with Gasteiger partial charge in [0.2, 0.25) is 0 Å². The molecule has 2 unspecified atom stereocenters. The second kappa shape index (κ2) is 11.7. The molecule has 4 rings (SSSR count). The van der Waals surface area contributed by atoms with Crippen molar-refractivity contribution in [2.75, 3.05) is 33.9 Å². The van der Waals surface area contributed by atoms with Crippen LogP contribution in [0.2, 0.25) is 0 Å². The topological polar surface area (TPSA) is 40.2 Å². The molecule has 3 atom stereocenters. The molecule has 0 radical (unpaired) electrons. The van der Waals surface area contributed by atoms with Crippen molar-refractivity contribution in [1.82, 2.24) is 4.90 Å². The lowest BCUT2D eigenvalue weighted by molar-refractivity contribution is -0.0352. The number of nitrogens with zero attached hydrogens (tertiary/aromatic N) is 1. The van der Waals surface area contributed by atoms with Gasteiger partial charge in [-0.25, -0.2) is 0 Å². The largest absolute Gasteiger partial charge is 0.493 e. The fraction of sp³-hybridized carbons (Fsp3) is 0.556. The van der Waals surface area contributed by atoms with Crippen LogP contribution in [0.1, 0.15) is 43.2 Å². The van der Waals surface area contributed by atoms with Gasteiger partial charge in [-0.15, -0.1) is 0 Å². The summed E-state index contributed by atoms with van der Waals surface area (Å²) in [5, 5.41) is 0.